The van der Waals surface area contributed by atoms with Crippen molar-refractivity contribution in [2.45, 2.75) is 25.4 Å². The van der Waals surface area contributed by atoms with Crippen LogP contribution >= 0.6 is 34.5 Å². The van der Waals surface area contributed by atoms with Crippen LogP contribution in [0.5, 0.6) is 23.0 Å². The molecule has 0 fully saturated rings. The number of nitrogens with one attached hydrogen (secondary N) is 1. The average molecular weight is 643 g/mol. The van der Waals surface area contributed by atoms with Crippen molar-refractivity contribution in [3.63, 3.8) is 0 Å². The Bertz CT molecular complexity index is 1550. The number of phenolic OH excluding ortho intramolecular Hbond substituents is 1. The average Bonchev–Trinajstić information content (AvgIpc) is 3.43. The molecule has 2 aromatic heterocycles. The van der Waals surface area contributed by atoms with Gasteiger partial charge in [0.25, 0.3) is 0 Å². The fourth-order valence-corrected chi connectivity index (χ4v) is 5.25. The van der Waals surface area contributed by atoms with E-state index < -0.39 is 24.2 Å². The van der Waals surface area contributed by atoms with E-state index in [9.17, 15) is 23.1 Å². The minimum absolute atomic E-state index is 0.0221. The number of phenols is 1. The van der Waals surface area contributed by atoms with Crippen molar-refractivity contribution >= 4 is 46.2 Å². The Labute approximate surface area is 252 Å². The number of pyridine rings is 1. The Morgan fingerprint density at radius 2 is 1.74 bits per heavy atom. The number of halogens is 5. The molecule has 0 bridgehead atoms. The van der Waals surface area contributed by atoms with E-state index in [1.54, 1.807) is 30.3 Å². The van der Waals surface area contributed by atoms with Gasteiger partial charge in [-0.25, -0.2) is 4.79 Å². The number of carbonyl (C=O) groups excluding carboxylic acids is 1. The predicted molar refractivity (Wildman–Crippen MR) is 152 cm³/mol. The largest absolute Gasteiger partial charge is 0.573 e. The molecule has 4 aromatic rings. The third-order valence-electron chi connectivity index (χ3n) is 5.89. The van der Waals surface area contributed by atoms with E-state index in [1.165, 1.54) is 26.6 Å². The number of thiophene rings is 1. The summed E-state index contributed by atoms with van der Waals surface area (Å²) in [5.74, 6) is -0.472. The maximum absolute atomic E-state index is 13.3. The summed E-state index contributed by atoms with van der Waals surface area (Å²) in [4.78, 5) is 18.1. The summed E-state index contributed by atoms with van der Waals surface area (Å²) in [6.45, 7) is 0.0995. The number of hydrogen-bond acceptors (Lipinski definition) is 9. The summed E-state index contributed by atoms with van der Waals surface area (Å²) in [6, 6.07) is 11.4. The van der Waals surface area contributed by atoms with Crippen LogP contribution in [0.25, 0.3) is 0 Å². The van der Waals surface area contributed by atoms with Gasteiger partial charge in [-0.05, 0) is 47.5 Å². The molecule has 0 saturated carbocycles. The van der Waals surface area contributed by atoms with E-state index in [1.807, 2.05) is 0 Å². The molecule has 14 heteroatoms. The van der Waals surface area contributed by atoms with Gasteiger partial charge in [0.05, 0.1) is 30.0 Å². The smallest absolute Gasteiger partial charge is 0.506 e. The lowest BCUT2D eigenvalue weighted by molar-refractivity contribution is -0.274. The van der Waals surface area contributed by atoms with Gasteiger partial charge in [0.15, 0.2) is 11.5 Å². The number of esters is 1. The fraction of sp³-hybridized carbons (Fsp3) is 0.214. The minimum Gasteiger partial charge on any atom is -0.506 e. The zero-order valence-electron chi connectivity index (χ0n) is 22.0. The van der Waals surface area contributed by atoms with Crippen molar-refractivity contribution in [3.05, 3.63) is 91.9 Å². The van der Waals surface area contributed by atoms with Crippen molar-refractivity contribution < 1.29 is 42.0 Å². The monoisotopic (exact) mass is 642 g/mol. The number of benzene rings is 2. The number of alkyl halides is 3. The summed E-state index contributed by atoms with van der Waals surface area (Å²) < 4.78 is 58.2. The molecule has 0 aliphatic rings. The van der Waals surface area contributed by atoms with E-state index in [0.29, 0.717) is 37.5 Å². The number of anilines is 1. The molecule has 0 aliphatic heterocycles. The van der Waals surface area contributed by atoms with Crippen molar-refractivity contribution in [2.75, 3.05) is 19.5 Å². The molecule has 2 aromatic carbocycles. The van der Waals surface area contributed by atoms with Gasteiger partial charge in [0.1, 0.15) is 22.5 Å². The fourth-order valence-electron chi connectivity index (χ4n) is 3.91. The Balaban J connectivity index is 1.52. The van der Waals surface area contributed by atoms with Gasteiger partial charge in [-0.3, -0.25) is 4.98 Å². The molecule has 0 spiro atoms. The van der Waals surface area contributed by atoms with Crippen molar-refractivity contribution in [2.24, 2.45) is 0 Å². The van der Waals surface area contributed by atoms with E-state index in [4.69, 9.17) is 37.4 Å². The van der Waals surface area contributed by atoms with Gasteiger partial charge in [0, 0.05) is 36.3 Å². The topological polar surface area (TPSA) is 99.1 Å². The summed E-state index contributed by atoms with van der Waals surface area (Å²) >= 11 is 13.8. The van der Waals surface area contributed by atoms with Crippen molar-refractivity contribution in [1.82, 2.24) is 4.98 Å². The number of aromatic nitrogens is 1. The van der Waals surface area contributed by atoms with Gasteiger partial charge >= 0.3 is 12.3 Å². The normalized spacial score (nSPS) is 12.0. The molecule has 0 amide bonds. The maximum atomic E-state index is 13.3. The highest BCUT2D eigenvalue weighted by atomic mass is 35.5. The highest BCUT2D eigenvalue weighted by Gasteiger charge is 2.31. The molecule has 0 unspecified atom stereocenters. The highest BCUT2D eigenvalue weighted by Crippen LogP contribution is 2.36. The number of rotatable bonds is 11. The molecule has 0 aliphatic carbocycles. The number of carbonyl (C=O) groups is 1. The first-order chi connectivity index (χ1) is 20.0. The van der Waals surface area contributed by atoms with E-state index in [0.717, 1.165) is 29.5 Å². The number of hydrogen-bond donors (Lipinski definition) is 2. The molecular formula is C28H23Cl2F3N2O6S. The Hall–Kier alpha value is -3.87. The standard InChI is InChI=1S/C28H23Cl2F3N2O6S/c1-38-23-7-3-15(9-25(23)39-2)24(11-18-19(29)13-34-14-20(18)30)40-27(37)26-8-5-17(42-26)12-35-21-10-16(4-6-22(21)36)41-28(31,32)33/h3-10,13-14,24,35-36H,11-12H2,1-2H3/t24-/m0/s1. The van der Waals surface area contributed by atoms with Crippen LogP contribution in [0.1, 0.15) is 31.8 Å². The SMILES string of the molecule is COc1ccc([C@H](Cc2c(Cl)cncc2Cl)OC(=O)c2ccc(CNc3cc(OC(F)(F)F)ccc3O)s2)cc1OC. The van der Waals surface area contributed by atoms with Crippen LogP contribution in [-0.4, -0.2) is 36.6 Å². The molecule has 8 nitrogen and oxygen atoms in total. The van der Waals surface area contributed by atoms with Crippen LogP contribution in [0, 0.1) is 0 Å². The molecule has 0 saturated heterocycles. The van der Waals surface area contributed by atoms with Crippen molar-refractivity contribution in [1.29, 1.82) is 0 Å². The van der Waals surface area contributed by atoms with E-state index in [-0.39, 0.29) is 29.3 Å². The summed E-state index contributed by atoms with van der Waals surface area (Å²) in [6.07, 6.45) is -2.68. The molecule has 1 atom stereocenters. The van der Waals surface area contributed by atoms with Crippen LogP contribution < -0.4 is 19.5 Å². The summed E-state index contributed by atoms with van der Waals surface area (Å²) in [5.41, 5.74) is 1.15. The lowest BCUT2D eigenvalue weighted by Crippen LogP contribution is -2.17. The number of ether oxygens (including phenoxy) is 4. The predicted octanol–water partition coefficient (Wildman–Crippen LogP) is 7.82. The van der Waals surface area contributed by atoms with Gasteiger partial charge in [0.2, 0.25) is 0 Å². The molecule has 42 heavy (non-hydrogen) atoms. The van der Waals surface area contributed by atoms with Crippen LogP contribution in [0.2, 0.25) is 10.0 Å². The summed E-state index contributed by atoms with van der Waals surface area (Å²) in [5, 5.41) is 13.5. The van der Waals surface area contributed by atoms with E-state index in [2.05, 4.69) is 15.0 Å². The first kappa shape index (κ1) is 31.1. The molecule has 4 rings (SSSR count). The number of aromatic hydroxyl groups is 1. The van der Waals surface area contributed by atoms with Crippen molar-refractivity contribution in [3.8, 4) is 23.0 Å². The lowest BCUT2D eigenvalue weighted by Gasteiger charge is -2.20. The van der Waals surface area contributed by atoms with Gasteiger partial charge in [-0.2, -0.15) is 0 Å². The number of nitrogens with zero attached hydrogens (tertiary/aromatic N) is 1. The highest BCUT2D eigenvalue weighted by molar-refractivity contribution is 7.13. The Morgan fingerprint density at radius 1 is 1.02 bits per heavy atom. The quantitative estimate of drug-likeness (QED) is 0.126. The molecule has 2 heterocycles. The van der Waals surface area contributed by atoms with Crippen LogP contribution in [0.15, 0.2) is 60.9 Å². The van der Waals surface area contributed by atoms with Gasteiger partial charge in [-0.1, -0.05) is 29.3 Å². The third kappa shape index (κ3) is 7.90. The maximum Gasteiger partial charge on any atom is 0.573 e. The van der Waals surface area contributed by atoms with Crippen LogP contribution in [0.3, 0.4) is 0 Å². The molecule has 0 radical (unpaired) electrons. The first-order valence-corrected chi connectivity index (χ1v) is 13.7. The molecule has 222 valence electrons. The molecule has 2 N–H and O–H groups in total. The zero-order chi connectivity index (χ0) is 30.4. The summed E-state index contributed by atoms with van der Waals surface area (Å²) in [7, 11) is 2.99. The van der Waals surface area contributed by atoms with Gasteiger partial charge < -0.3 is 29.4 Å². The second kappa shape index (κ2) is 13.4. The van der Waals surface area contributed by atoms with Crippen LogP contribution in [-0.2, 0) is 17.7 Å². The third-order valence-corrected chi connectivity index (χ3v) is 7.60. The van der Waals surface area contributed by atoms with Gasteiger partial charge in [-0.15, -0.1) is 24.5 Å². The molecular weight excluding hydrogens is 620 g/mol. The number of methoxy groups -OCH3 is 2. The Morgan fingerprint density at radius 3 is 2.40 bits per heavy atom. The Kier molecular flexibility index (Phi) is 9.92. The lowest BCUT2D eigenvalue weighted by atomic mass is 10.0. The zero-order valence-corrected chi connectivity index (χ0v) is 24.3. The first-order valence-electron chi connectivity index (χ1n) is 12.1. The second-order valence-electron chi connectivity index (χ2n) is 8.64. The minimum atomic E-state index is -4.87. The second-order valence-corrected chi connectivity index (χ2v) is 10.6. The van der Waals surface area contributed by atoms with E-state index >= 15 is 0 Å². The van der Waals surface area contributed by atoms with Crippen LogP contribution in [0.4, 0.5) is 18.9 Å².